The monoisotopic (exact) mass is 536 g/mol. The minimum atomic E-state index is -0.763. The summed E-state index contributed by atoms with van der Waals surface area (Å²) in [7, 11) is 2.66. The van der Waals surface area contributed by atoms with Gasteiger partial charge in [-0.3, -0.25) is 0 Å². The molecule has 0 aliphatic heterocycles. The number of methoxy groups -OCH3 is 2. The molecule has 0 radical (unpaired) electrons. The SMILES string of the molecule is CC.COC(=O)c1cc(OC)c(NSc2ccc3oc(-c4ccc(C5CCCCC5)cc4)nc3c2)cc1F. The van der Waals surface area contributed by atoms with E-state index in [1.165, 1.54) is 76.0 Å². The number of fused-ring (bicyclic) bond motifs is 1. The summed E-state index contributed by atoms with van der Waals surface area (Å²) in [6.07, 6.45) is 6.51. The first kappa shape index (κ1) is 27.5. The van der Waals surface area contributed by atoms with Crippen LogP contribution in [0.5, 0.6) is 5.75 Å². The van der Waals surface area contributed by atoms with E-state index >= 15 is 0 Å². The van der Waals surface area contributed by atoms with E-state index in [2.05, 4.69) is 38.7 Å². The zero-order valence-electron chi connectivity index (χ0n) is 22.2. The molecule has 0 amide bonds. The number of ether oxygens (including phenoxy) is 2. The highest BCUT2D eigenvalue weighted by Crippen LogP contribution is 2.35. The Morgan fingerprint density at radius 1 is 1.03 bits per heavy atom. The molecule has 1 heterocycles. The van der Waals surface area contributed by atoms with Crippen molar-refractivity contribution in [1.29, 1.82) is 0 Å². The molecule has 1 fully saturated rings. The lowest BCUT2D eigenvalue weighted by molar-refractivity contribution is 0.0595. The van der Waals surface area contributed by atoms with Crippen LogP contribution in [0.4, 0.5) is 10.1 Å². The van der Waals surface area contributed by atoms with Gasteiger partial charge in [-0.2, -0.15) is 0 Å². The maximum Gasteiger partial charge on any atom is 0.340 e. The maximum absolute atomic E-state index is 14.4. The van der Waals surface area contributed by atoms with Gasteiger partial charge in [0.25, 0.3) is 0 Å². The molecule has 0 saturated heterocycles. The third-order valence-corrected chi connectivity index (χ3v) is 7.38. The summed E-state index contributed by atoms with van der Waals surface area (Å²) in [5, 5.41) is 0. The van der Waals surface area contributed by atoms with Crippen LogP contribution >= 0.6 is 11.9 Å². The minimum Gasteiger partial charge on any atom is -0.495 e. The Labute approximate surface area is 227 Å². The molecule has 0 bridgehead atoms. The Balaban J connectivity index is 0.00000164. The van der Waals surface area contributed by atoms with Gasteiger partial charge in [-0.1, -0.05) is 45.2 Å². The number of esters is 1. The number of nitrogens with zero attached hydrogens (tertiary/aromatic N) is 1. The van der Waals surface area contributed by atoms with Crippen molar-refractivity contribution in [3.8, 4) is 17.2 Å². The topological polar surface area (TPSA) is 73.6 Å². The van der Waals surface area contributed by atoms with Gasteiger partial charge < -0.3 is 18.6 Å². The van der Waals surface area contributed by atoms with Crippen LogP contribution in [0.15, 0.2) is 63.9 Å². The average molecular weight is 537 g/mol. The molecule has 8 heteroatoms. The van der Waals surface area contributed by atoms with Crippen molar-refractivity contribution in [1.82, 2.24) is 4.98 Å². The lowest BCUT2D eigenvalue weighted by Crippen LogP contribution is -2.06. The second-order valence-corrected chi connectivity index (χ2v) is 9.71. The van der Waals surface area contributed by atoms with Crippen LogP contribution in [0, 0.1) is 5.82 Å². The van der Waals surface area contributed by atoms with E-state index in [0.717, 1.165) is 16.0 Å². The molecule has 38 heavy (non-hydrogen) atoms. The van der Waals surface area contributed by atoms with Gasteiger partial charge in [0.1, 0.15) is 17.1 Å². The van der Waals surface area contributed by atoms with Crippen molar-refractivity contribution in [2.24, 2.45) is 0 Å². The molecule has 1 aliphatic carbocycles. The quantitative estimate of drug-likeness (QED) is 0.187. The summed E-state index contributed by atoms with van der Waals surface area (Å²) in [6.45, 7) is 4.00. The first-order chi connectivity index (χ1) is 18.6. The van der Waals surface area contributed by atoms with Crippen LogP contribution < -0.4 is 9.46 Å². The molecule has 5 rings (SSSR count). The average Bonchev–Trinajstić information content (AvgIpc) is 3.41. The molecule has 4 aromatic rings. The number of nitrogens with one attached hydrogen (secondary N) is 1. The van der Waals surface area contributed by atoms with E-state index < -0.39 is 11.8 Å². The molecule has 1 saturated carbocycles. The Hall–Kier alpha value is -3.52. The summed E-state index contributed by atoms with van der Waals surface area (Å²) in [6, 6.07) is 16.8. The predicted octanol–water partition coefficient (Wildman–Crippen LogP) is 8.62. The van der Waals surface area contributed by atoms with Crippen LogP contribution in [0.3, 0.4) is 0 Å². The number of hydrogen-bond donors (Lipinski definition) is 1. The van der Waals surface area contributed by atoms with E-state index in [-0.39, 0.29) is 5.56 Å². The van der Waals surface area contributed by atoms with Gasteiger partial charge in [-0.05, 0) is 72.7 Å². The normalized spacial score (nSPS) is 13.5. The summed E-state index contributed by atoms with van der Waals surface area (Å²) in [4.78, 5) is 17.3. The predicted molar refractivity (Wildman–Crippen MR) is 150 cm³/mol. The van der Waals surface area contributed by atoms with Gasteiger partial charge in [0.2, 0.25) is 5.89 Å². The fourth-order valence-corrected chi connectivity index (χ4v) is 5.30. The molecule has 3 aromatic carbocycles. The van der Waals surface area contributed by atoms with E-state index in [0.29, 0.717) is 28.8 Å². The lowest BCUT2D eigenvalue weighted by Gasteiger charge is -2.21. The second kappa shape index (κ2) is 12.8. The largest absolute Gasteiger partial charge is 0.495 e. The Kier molecular flexibility index (Phi) is 9.29. The molecule has 1 aliphatic rings. The molecule has 6 nitrogen and oxygen atoms in total. The number of anilines is 1. The fourth-order valence-electron chi connectivity index (χ4n) is 4.61. The van der Waals surface area contributed by atoms with Crippen LogP contribution in [-0.2, 0) is 4.74 Å². The van der Waals surface area contributed by atoms with Gasteiger partial charge in [-0.25, -0.2) is 14.2 Å². The maximum atomic E-state index is 14.4. The third-order valence-electron chi connectivity index (χ3n) is 6.57. The zero-order chi connectivity index (χ0) is 27.1. The number of halogens is 1. The molecule has 0 atom stereocenters. The first-order valence-corrected chi connectivity index (χ1v) is 13.8. The van der Waals surface area contributed by atoms with E-state index in [1.807, 2.05) is 32.0 Å². The molecule has 1 aromatic heterocycles. The van der Waals surface area contributed by atoms with Crippen molar-refractivity contribution in [3.63, 3.8) is 0 Å². The summed E-state index contributed by atoms with van der Waals surface area (Å²) in [5.41, 5.74) is 3.97. The number of aromatic nitrogens is 1. The Morgan fingerprint density at radius 2 is 1.76 bits per heavy atom. The molecule has 1 N–H and O–H groups in total. The zero-order valence-corrected chi connectivity index (χ0v) is 23.0. The van der Waals surface area contributed by atoms with E-state index in [1.54, 1.807) is 0 Å². The highest BCUT2D eigenvalue weighted by Gasteiger charge is 2.18. The van der Waals surface area contributed by atoms with Crippen LogP contribution in [0.25, 0.3) is 22.6 Å². The number of carbonyl (C=O) groups excluding carboxylic acids is 1. The van der Waals surface area contributed by atoms with Gasteiger partial charge >= 0.3 is 5.97 Å². The molecule has 200 valence electrons. The number of oxazole rings is 1. The highest BCUT2D eigenvalue weighted by atomic mass is 32.2. The van der Waals surface area contributed by atoms with Gasteiger partial charge in [0.05, 0.1) is 25.5 Å². The molecule has 0 unspecified atom stereocenters. The molecular weight excluding hydrogens is 503 g/mol. The van der Waals surface area contributed by atoms with E-state index in [9.17, 15) is 9.18 Å². The Morgan fingerprint density at radius 3 is 2.45 bits per heavy atom. The van der Waals surface area contributed by atoms with Gasteiger partial charge in [-0.15, -0.1) is 0 Å². The smallest absolute Gasteiger partial charge is 0.340 e. The van der Waals surface area contributed by atoms with Crippen LogP contribution in [-0.4, -0.2) is 25.2 Å². The van der Waals surface area contributed by atoms with Gasteiger partial charge in [0, 0.05) is 16.5 Å². The van der Waals surface area contributed by atoms with Crippen LogP contribution in [0.1, 0.15) is 67.8 Å². The van der Waals surface area contributed by atoms with Gasteiger partial charge in [0.15, 0.2) is 5.58 Å². The van der Waals surface area contributed by atoms with Crippen molar-refractivity contribution in [2.75, 3.05) is 18.9 Å². The summed E-state index contributed by atoms with van der Waals surface area (Å²) < 4.78 is 33.4. The minimum absolute atomic E-state index is 0.187. The summed E-state index contributed by atoms with van der Waals surface area (Å²) in [5.74, 6) is 0.105. The first-order valence-electron chi connectivity index (χ1n) is 13.0. The summed E-state index contributed by atoms with van der Waals surface area (Å²) >= 11 is 1.27. The number of benzene rings is 3. The molecule has 0 spiro atoms. The van der Waals surface area contributed by atoms with E-state index in [4.69, 9.17) is 9.15 Å². The number of rotatable bonds is 7. The fraction of sp³-hybridized carbons (Fsp3) is 0.333. The second-order valence-electron chi connectivity index (χ2n) is 8.83. The standard InChI is InChI=1S/C28H27FN2O4S.C2H6/c1-33-26-15-21(28(32)34-2)22(29)16-24(26)31-36-20-12-13-25-23(14-20)30-27(35-25)19-10-8-18(9-11-19)17-6-4-3-5-7-17;1-2/h8-17,31H,3-7H2,1-2H3;1-2H3. The van der Waals surface area contributed by atoms with Crippen molar-refractivity contribution < 1.29 is 23.1 Å². The van der Waals surface area contributed by atoms with Crippen molar-refractivity contribution in [3.05, 3.63) is 71.5 Å². The third kappa shape index (κ3) is 6.13. The molecular formula is C30H33FN2O4S. The van der Waals surface area contributed by atoms with Crippen LogP contribution in [0.2, 0.25) is 0 Å². The lowest BCUT2D eigenvalue weighted by atomic mass is 9.84. The van der Waals surface area contributed by atoms with Crippen molar-refractivity contribution in [2.45, 2.75) is 56.8 Å². The van der Waals surface area contributed by atoms with Crippen molar-refractivity contribution >= 4 is 34.7 Å². The number of carbonyl (C=O) groups is 1. The highest BCUT2D eigenvalue weighted by molar-refractivity contribution is 8.00. The number of hydrogen-bond acceptors (Lipinski definition) is 7. The Bertz CT molecular complexity index is 1380.